The van der Waals surface area contributed by atoms with Crippen LogP contribution in [0, 0.1) is 6.92 Å². The molecular weight excluding hydrogens is 648 g/mol. The standard InChI is InChI=1S/C25H30BrClN6O3S.C2H6O.CH2O/c1-17-7-12-22(37(4,35)32-25(34)30-18-8-10-19(11-9-18)33(2)3)21(15-17)36-14-6-5-13-28-23-20(26)16-29-24(27)31-23;1-3-2;1-2/h7-12,15-16H,5-6,13-14H2,1-4H3,(H,30,34)(H,28,29,31);1-2H3;1H2. The first kappa shape index (κ1) is 36.8. The molecule has 1 atom stereocenters. The largest absolute Gasteiger partial charge is 0.492 e. The van der Waals surface area contributed by atoms with Crippen molar-refractivity contribution in [3.63, 3.8) is 0 Å². The highest BCUT2D eigenvalue weighted by atomic mass is 79.9. The minimum Gasteiger partial charge on any atom is -0.492 e. The molecule has 0 saturated carbocycles. The summed E-state index contributed by atoms with van der Waals surface area (Å²) in [5.41, 5.74) is 2.52. The van der Waals surface area contributed by atoms with Crippen molar-refractivity contribution >= 4 is 67.3 Å². The molecule has 0 fully saturated rings. The Hall–Kier alpha value is -3.26. The molecule has 11 nitrogen and oxygen atoms in total. The number of urea groups is 1. The number of halogens is 2. The van der Waals surface area contributed by atoms with E-state index < -0.39 is 15.8 Å². The van der Waals surface area contributed by atoms with E-state index in [-0.39, 0.29) is 5.28 Å². The number of unbranched alkanes of at least 4 members (excludes halogenated alkanes) is 1. The molecule has 0 radical (unpaired) electrons. The highest BCUT2D eigenvalue weighted by molar-refractivity contribution is 9.10. The second kappa shape index (κ2) is 19.0. The summed E-state index contributed by atoms with van der Waals surface area (Å²) in [5, 5.41) is 6.05. The van der Waals surface area contributed by atoms with E-state index in [4.69, 9.17) is 21.1 Å². The van der Waals surface area contributed by atoms with Crippen molar-refractivity contribution in [1.82, 2.24) is 9.97 Å². The van der Waals surface area contributed by atoms with Crippen molar-refractivity contribution in [1.29, 1.82) is 0 Å². The summed E-state index contributed by atoms with van der Waals surface area (Å²) in [5.74, 6) is 1.08. The number of carbonyl (C=O) groups is 2. The zero-order valence-electron chi connectivity index (χ0n) is 24.6. The van der Waals surface area contributed by atoms with Gasteiger partial charge >= 0.3 is 6.03 Å². The van der Waals surface area contributed by atoms with Crippen LogP contribution in [0.3, 0.4) is 0 Å². The van der Waals surface area contributed by atoms with Crippen LogP contribution in [0.25, 0.3) is 0 Å². The summed E-state index contributed by atoms with van der Waals surface area (Å²) in [6.45, 7) is 4.99. The van der Waals surface area contributed by atoms with Gasteiger partial charge in [-0.3, -0.25) is 0 Å². The summed E-state index contributed by atoms with van der Waals surface area (Å²) in [6, 6.07) is 12.0. The van der Waals surface area contributed by atoms with Gasteiger partial charge in [0.2, 0.25) is 5.28 Å². The molecule has 2 N–H and O–H groups in total. The minimum atomic E-state index is -3.06. The lowest BCUT2D eigenvalue weighted by atomic mass is 10.2. The third-order valence-corrected chi connectivity index (χ3v) is 7.67. The Morgan fingerprint density at radius 1 is 1.14 bits per heavy atom. The van der Waals surface area contributed by atoms with Crippen LogP contribution in [-0.2, 0) is 19.3 Å². The number of amides is 2. The number of aryl methyl sites for hydroxylation is 1. The lowest BCUT2D eigenvalue weighted by Crippen LogP contribution is -2.12. The highest BCUT2D eigenvalue weighted by Gasteiger charge is 2.16. The summed E-state index contributed by atoms with van der Waals surface area (Å²) < 4.78 is 28.4. The van der Waals surface area contributed by atoms with Gasteiger partial charge in [0, 0.05) is 58.7 Å². The molecule has 3 aromatic rings. The van der Waals surface area contributed by atoms with E-state index in [9.17, 15) is 9.00 Å². The molecule has 1 heterocycles. The number of nitrogens with one attached hydrogen (secondary N) is 2. The Balaban J connectivity index is 0.00000165. The summed E-state index contributed by atoms with van der Waals surface area (Å²) in [6.07, 6.45) is 4.57. The van der Waals surface area contributed by atoms with Crippen molar-refractivity contribution in [3.05, 3.63) is 64.0 Å². The van der Waals surface area contributed by atoms with Crippen molar-refractivity contribution in [2.75, 3.05) is 63.3 Å². The van der Waals surface area contributed by atoms with E-state index in [1.165, 1.54) is 6.26 Å². The van der Waals surface area contributed by atoms with E-state index in [2.05, 4.69) is 45.6 Å². The maximum Gasteiger partial charge on any atom is 0.353 e. The van der Waals surface area contributed by atoms with Gasteiger partial charge in [-0.2, -0.15) is 4.98 Å². The van der Waals surface area contributed by atoms with Crippen LogP contribution in [0.4, 0.5) is 22.0 Å². The molecule has 0 bridgehead atoms. The average Bonchev–Trinajstić information content (AvgIpc) is 2.94. The minimum absolute atomic E-state index is 0.172. The number of aromatic nitrogens is 2. The van der Waals surface area contributed by atoms with Crippen molar-refractivity contribution in [2.24, 2.45) is 4.36 Å². The molecule has 2 amide bonds. The molecule has 3 rings (SSSR count). The number of hydrogen-bond acceptors (Lipinski definition) is 9. The number of ether oxygens (including phenoxy) is 2. The fraction of sp³-hybridized carbons (Fsp3) is 0.357. The first-order chi connectivity index (χ1) is 20.0. The number of carbonyl (C=O) groups excluding carboxylic acids is 2. The van der Waals surface area contributed by atoms with E-state index >= 15 is 0 Å². The number of rotatable bonds is 10. The van der Waals surface area contributed by atoms with Gasteiger partial charge in [-0.05, 0) is 89.3 Å². The Bertz CT molecular complexity index is 1400. The third kappa shape index (κ3) is 12.7. The molecule has 0 aliphatic rings. The molecule has 0 spiro atoms. The van der Waals surface area contributed by atoms with Gasteiger partial charge < -0.3 is 29.8 Å². The van der Waals surface area contributed by atoms with E-state index in [1.54, 1.807) is 38.6 Å². The predicted molar refractivity (Wildman–Crippen MR) is 174 cm³/mol. The van der Waals surface area contributed by atoms with Crippen LogP contribution in [0.5, 0.6) is 5.75 Å². The molecular formula is C28H38BrClN6O5S. The zero-order chi connectivity index (χ0) is 31.7. The molecule has 1 aromatic heterocycles. The quantitative estimate of drug-likeness (QED) is 0.186. The third-order valence-electron chi connectivity index (χ3n) is 5.24. The van der Waals surface area contributed by atoms with Crippen molar-refractivity contribution in [2.45, 2.75) is 24.7 Å². The van der Waals surface area contributed by atoms with Gasteiger partial charge in [-0.1, -0.05) is 6.07 Å². The summed E-state index contributed by atoms with van der Waals surface area (Å²) in [7, 11) is 4.06. The number of nitrogens with zero attached hydrogens (tertiary/aromatic N) is 4. The molecule has 2 aromatic carbocycles. The van der Waals surface area contributed by atoms with Crippen LogP contribution in [0.2, 0.25) is 5.28 Å². The second-order valence-electron chi connectivity index (χ2n) is 8.94. The molecule has 14 heteroatoms. The normalized spacial score (nSPS) is 11.4. The van der Waals surface area contributed by atoms with Gasteiger partial charge in [0.25, 0.3) is 0 Å². The molecule has 0 saturated heterocycles. The van der Waals surface area contributed by atoms with E-state index in [1.807, 2.05) is 57.0 Å². The Morgan fingerprint density at radius 2 is 1.79 bits per heavy atom. The molecule has 0 aliphatic heterocycles. The smallest absolute Gasteiger partial charge is 0.353 e. The first-order valence-corrected chi connectivity index (χ1v) is 15.7. The molecule has 230 valence electrons. The van der Waals surface area contributed by atoms with Crippen LogP contribution in [0.15, 0.2) is 62.4 Å². The Labute approximate surface area is 261 Å². The first-order valence-electron chi connectivity index (χ1n) is 12.6. The molecule has 0 aliphatic carbocycles. The zero-order valence-corrected chi connectivity index (χ0v) is 27.8. The second-order valence-corrected chi connectivity index (χ2v) is 12.4. The van der Waals surface area contributed by atoms with Crippen LogP contribution in [0.1, 0.15) is 18.4 Å². The highest BCUT2D eigenvalue weighted by Crippen LogP contribution is 2.27. The van der Waals surface area contributed by atoms with Crippen LogP contribution >= 0.6 is 27.5 Å². The lowest BCUT2D eigenvalue weighted by Gasteiger charge is -2.14. The Kier molecular flexibility index (Phi) is 16.7. The molecule has 42 heavy (non-hydrogen) atoms. The van der Waals surface area contributed by atoms with E-state index in [0.29, 0.717) is 35.3 Å². The number of hydrogen-bond donors (Lipinski definition) is 2. The van der Waals surface area contributed by atoms with Crippen LogP contribution < -0.4 is 20.3 Å². The maximum atomic E-state index is 13.5. The van der Waals surface area contributed by atoms with Gasteiger partial charge in [0.05, 0.1) is 25.7 Å². The maximum absolute atomic E-state index is 13.5. The lowest BCUT2D eigenvalue weighted by molar-refractivity contribution is -0.0980. The molecule has 1 unspecified atom stereocenters. The SMILES string of the molecule is C=O.COC.Cc1ccc(S(C)(=O)=NC(=O)Nc2ccc(N(C)C)cc2)c(OCCCCNc2nc(Cl)ncc2Br)c1. The van der Waals surface area contributed by atoms with Gasteiger partial charge in [0.15, 0.2) is 0 Å². The number of methoxy groups -OCH3 is 1. The van der Waals surface area contributed by atoms with Gasteiger partial charge in [0.1, 0.15) is 18.4 Å². The fourth-order valence-electron chi connectivity index (χ4n) is 3.32. The predicted octanol–water partition coefficient (Wildman–Crippen LogP) is 6.30. The fourth-order valence-corrected chi connectivity index (χ4v) is 5.06. The topological polar surface area (TPSA) is 135 Å². The average molecular weight is 686 g/mol. The number of anilines is 3. The van der Waals surface area contributed by atoms with Gasteiger partial charge in [-0.15, -0.1) is 4.36 Å². The summed E-state index contributed by atoms with van der Waals surface area (Å²) >= 11 is 9.22. The Morgan fingerprint density at radius 3 is 2.40 bits per heavy atom. The van der Waals surface area contributed by atoms with E-state index in [0.717, 1.165) is 28.6 Å². The number of benzene rings is 2. The van der Waals surface area contributed by atoms with Crippen molar-refractivity contribution in [3.8, 4) is 5.75 Å². The van der Waals surface area contributed by atoms with Crippen molar-refractivity contribution < 1.29 is 23.3 Å². The summed E-state index contributed by atoms with van der Waals surface area (Å²) in [4.78, 5) is 30.9. The van der Waals surface area contributed by atoms with Gasteiger partial charge in [-0.25, -0.2) is 14.0 Å². The monoisotopic (exact) mass is 684 g/mol. The van der Waals surface area contributed by atoms with Crippen LogP contribution in [-0.4, -0.2) is 74.7 Å².